The third kappa shape index (κ3) is 1.89. The van der Waals surface area contributed by atoms with E-state index < -0.39 is 23.1 Å². The van der Waals surface area contributed by atoms with Gasteiger partial charge in [-0.1, -0.05) is 0 Å². The zero-order valence-corrected chi connectivity index (χ0v) is 10.2. The molecule has 1 aromatic rings. The summed E-state index contributed by atoms with van der Waals surface area (Å²) in [7, 11) is 0. The molecule has 1 heterocycles. The first-order valence-electron chi connectivity index (χ1n) is 5.64. The summed E-state index contributed by atoms with van der Waals surface area (Å²) in [4.78, 5) is 25.1. The fourth-order valence-electron chi connectivity index (χ4n) is 2.11. The smallest absolute Gasteiger partial charge is 0.257 e. The van der Waals surface area contributed by atoms with E-state index in [1.807, 2.05) is 0 Å². The van der Waals surface area contributed by atoms with Crippen molar-refractivity contribution >= 4 is 11.7 Å². The highest BCUT2D eigenvalue weighted by Gasteiger charge is 2.43. The minimum absolute atomic E-state index is 0.0571. The van der Waals surface area contributed by atoms with Gasteiger partial charge in [0, 0.05) is 19.0 Å². The molecular formula is C13H13F2NO2. The lowest BCUT2D eigenvalue weighted by molar-refractivity contribution is -0.123. The van der Waals surface area contributed by atoms with Crippen molar-refractivity contribution in [3.8, 4) is 0 Å². The zero-order chi connectivity index (χ0) is 13.5. The van der Waals surface area contributed by atoms with Crippen LogP contribution in [0.5, 0.6) is 0 Å². The van der Waals surface area contributed by atoms with Gasteiger partial charge in [-0.05, 0) is 26.0 Å². The summed E-state index contributed by atoms with van der Waals surface area (Å²) in [6.07, 6.45) is 0.265. The highest BCUT2D eigenvalue weighted by atomic mass is 19.1. The number of ketones is 1. The van der Waals surface area contributed by atoms with E-state index in [2.05, 4.69) is 0 Å². The number of rotatable bonds is 1. The van der Waals surface area contributed by atoms with Gasteiger partial charge in [-0.2, -0.15) is 0 Å². The van der Waals surface area contributed by atoms with Crippen LogP contribution in [0.2, 0.25) is 0 Å². The van der Waals surface area contributed by atoms with Gasteiger partial charge in [0.05, 0.1) is 11.1 Å². The number of carbonyl (C=O) groups excluding carboxylic acids is 2. The molecule has 0 saturated carbocycles. The van der Waals surface area contributed by atoms with Crippen LogP contribution in [0.3, 0.4) is 0 Å². The summed E-state index contributed by atoms with van der Waals surface area (Å²) in [6.45, 7) is 3.52. The highest BCUT2D eigenvalue weighted by molar-refractivity contribution is 6.01. The molecule has 5 heteroatoms. The van der Waals surface area contributed by atoms with E-state index in [0.29, 0.717) is 6.07 Å². The highest BCUT2D eigenvalue weighted by Crippen LogP contribution is 2.27. The lowest BCUT2D eigenvalue weighted by Crippen LogP contribution is -2.46. The Bertz CT molecular complexity index is 526. The number of carbonyl (C=O) groups is 2. The van der Waals surface area contributed by atoms with Gasteiger partial charge in [-0.15, -0.1) is 0 Å². The molecule has 0 aromatic heterocycles. The number of nitrogens with zero attached hydrogens (tertiary/aromatic N) is 1. The number of halogens is 2. The van der Waals surface area contributed by atoms with Crippen LogP contribution >= 0.6 is 0 Å². The molecule has 2 rings (SSSR count). The maximum Gasteiger partial charge on any atom is 0.257 e. The third-order valence-electron chi connectivity index (χ3n) is 3.33. The van der Waals surface area contributed by atoms with E-state index in [0.717, 1.165) is 12.1 Å². The standard InChI is InChI=1S/C13H13F2NO2/c1-13(2)11(17)5-6-16(13)12(18)9-4-3-8(14)7-10(9)15/h3-4,7H,5-6H2,1-2H3. The van der Waals surface area contributed by atoms with E-state index in [1.165, 1.54) is 4.90 Å². The quantitative estimate of drug-likeness (QED) is 0.769. The van der Waals surface area contributed by atoms with Crippen molar-refractivity contribution < 1.29 is 18.4 Å². The fraction of sp³-hybridized carbons (Fsp3) is 0.385. The molecule has 1 aromatic carbocycles. The summed E-state index contributed by atoms with van der Waals surface area (Å²) < 4.78 is 26.3. The number of likely N-dealkylation sites (tertiary alicyclic amines) is 1. The van der Waals surface area contributed by atoms with Crippen molar-refractivity contribution in [3.05, 3.63) is 35.4 Å². The number of Topliss-reactive ketones (excluding diaryl/α,β-unsaturated/α-hetero) is 1. The second-order valence-electron chi connectivity index (χ2n) is 4.81. The minimum Gasteiger partial charge on any atom is -0.326 e. The van der Waals surface area contributed by atoms with Gasteiger partial charge in [0.2, 0.25) is 0 Å². The molecule has 0 aliphatic carbocycles. The van der Waals surface area contributed by atoms with Crippen molar-refractivity contribution in [2.24, 2.45) is 0 Å². The van der Waals surface area contributed by atoms with Gasteiger partial charge in [0.1, 0.15) is 11.6 Å². The lowest BCUT2D eigenvalue weighted by Gasteiger charge is -2.30. The molecule has 0 spiro atoms. The van der Waals surface area contributed by atoms with Crippen molar-refractivity contribution in [2.45, 2.75) is 25.8 Å². The Hall–Kier alpha value is -1.78. The van der Waals surface area contributed by atoms with Crippen LogP contribution in [0.15, 0.2) is 18.2 Å². The number of amides is 1. The molecule has 1 amide bonds. The third-order valence-corrected chi connectivity index (χ3v) is 3.33. The van der Waals surface area contributed by atoms with E-state index in [4.69, 9.17) is 0 Å². The molecule has 0 N–H and O–H groups in total. The van der Waals surface area contributed by atoms with Crippen LogP contribution < -0.4 is 0 Å². The molecule has 96 valence electrons. The number of hydrogen-bond donors (Lipinski definition) is 0. The molecule has 3 nitrogen and oxygen atoms in total. The Balaban J connectivity index is 2.35. The molecule has 1 aliphatic heterocycles. The first kappa shape index (κ1) is 12.7. The van der Waals surface area contributed by atoms with Gasteiger partial charge in [-0.25, -0.2) is 8.78 Å². The maximum absolute atomic E-state index is 13.5. The monoisotopic (exact) mass is 253 g/mol. The summed E-state index contributed by atoms with van der Waals surface area (Å²) >= 11 is 0. The predicted molar refractivity (Wildman–Crippen MR) is 61.1 cm³/mol. The van der Waals surface area contributed by atoms with Gasteiger partial charge in [0.15, 0.2) is 5.78 Å². The zero-order valence-electron chi connectivity index (χ0n) is 10.2. The SMILES string of the molecule is CC1(C)C(=O)CCN1C(=O)c1ccc(F)cc1F. The Morgan fingerprint density at radius 1 is 1.33 bits per heavy atom. The Morgan fingerprint density at radius 2 is 2.00 bits per heavy atom. The first-order chi connectivity index (χ1) is 8.34. The summed E-state index contributed by atoms with van der Waals surface area (Å²) in [5.41, 5.74) is -1.14. The van der Waals surface area contributed by atoms with E-state index in [-0.39, 0.29) is 24.3 Å². The van der Waals surface area contributed by atoms with Gasteiger partial charge in [-0.3, -0.25) is 9.59 Å². The second kappa shape index (κ2) is 4.15. The van der Waals surface area contributed by atoms with Crippen molar-refractivity contribution in [3.63, 3.8) is 0 Å². The number of benzene rings is 1. The van der Waals surface area contributed by atoms with Crippen molar-refractivity contribution in [2.75, 3.05) is 6.54 Å². The normalized spacial score (nSPS) is 18.2. The van der Waals surface area contributed by atoms with Crippen LogP contribution in [0.1, 0.15) is 30.6 Å². The van der Waals surface area contributed by atoms with Gasteiger partial charge in [0.25, 0.3) is 5.91 Å². The topological polar surface area (TPSA) is 37.4 Å². The Kier molecular flexibility index (Phi) is 2.92. The molecule has 0 radical (unpaired) electrons. The summed E-state index contributed by atoms with van der Waals surface area (Å²) in [6, 6.07) is 2.80. The minimum atomic E-state index is -0.933. The van der Waals surface area contributed by atoms with Crippen molar-refractivity contribution in [1.82, 2.24) is 4.90 Å². The largest absolute Gasteiger partial charge is 0.326 e. The summed E-state index contributed by atoms with van der Waals surface area (Å²) in [5.74, 6) is -2.28. The molecule has 0 atom stereocenters. The molecule has 0 unspecified atom stereocenters. The van der Waals surface area contributed by atoms with Gasteiger partial charge < -0.3 is 4.90 Å². The summed E-state index contributed by atoms with van der Waals surface area (Å²) in [5, 5.41) is 0. The number of hydrogen-bond acceptors (Lipinski definition) is 2. The van der Waals surface area contributed by atoms with Crippen LogP contribution in [0.4, 0.5) is 8.78 Å². The second-order valence-corrected chi connectivity index (χ2v) is 4.81. The molecule has 1 aliphatic rings. The molecule has 1 fully saturated rings. The molecule has 0 bridgehead atoms. The van der Waals surface area contributed by atoms with E-state index in [9.17, 15) is 18.4 Å². The molecule has 18 heavy (non-hydrogen) atoms. The van der Waals surface area contributed by atoms with Gasteiger partial charge >= 0.3 is 0 Å². The van der Waals surface area contributed by atoms with Crippen LogP contribution in [-0.2, 0) is 4.79 Å². The first-order valence-corrected chi connectivity index (χ1v) is 5.64. The Labute approximate surface area is 103 Å². The molecule has 1 saturated heterocycles. The van der Waals surface area contributed by atoms with E-state index >= 15 is 0 Å². The molecular weight excluding hydrogens is 240 g/mol. The fourth-order valence-corrected chi connectivity index (χ4v) is 2.11. The Morgan fingerprint density at radius 3 is 2.50 bits per heavy atom. The average Bonchev–Trinajstić information content (AvgIpc) is 2.53. The maximum atomic E-state index is 13.5. The average molecular weight is 253 g/mol. The lowest BCUT2D eigenvalue weighted by atomic mass is 10.00. The van der Waals surface area contributed by atoms with Crippen molar-refractivity contribution in [1.29, 1.82) is 0 Å². The predicted octanol–water partition coefficient (Wildman–Crippen LogP) is 2.16. The van der Waals surface area contributed by atoms with Crippen LogP contribution in [-0.4, -0.2) is 28.7 Å². The van der Waals surface area contributed by atoms with Crippen LogP contribution in [0, 0.1) is 11.6 Å². The van der Waals surface area contributed by atoms with E-state index in [1.54, 1.807) is 13.8 Å². The van der Waals surface area contributed by atoms with Crippen LogP contribution in [0.25, 0.3) is 0 Å².